The number of aryl methyl sites for hydroxylation is 2. The molecule has 0 amide bonds. The lowest BCUT2D eigenvalue weighted by Gasteiger charge is -2.26. The maximum absolute atomic E-state index is 11.5. The average Bonchev–Trinajstić information content (AvgIpc) is 3.13. The number of aromatic carboxylic acids is 1. The van der Waals surface area contributed by atoms with Gasteiger partial charge in [-0.3, -0.25) is 0 Å². The van der Waals surface area contributed by atoms with E-state index >= 15 is 0 Å². The first kappa shape index (κ1) is 23.0. The lowest BCUT2D eigenvalue weighted by Crippen LogP contribution is -2.23. The molecular weight excluding hydrogens is 430 g/mol. The van der Waals surface area contributed by atoms with Crippen molar-refractivity contribution in [3.8, 4) is 22.6 Å². The van der Waals surface area contributed by atoms with Gasteiger partial charge in [0.1, 0.15) is 22.9 Å². The number of ether oxygens (including phenoxy) is 2. The first-order valence-corrected chi connectivity index (χ1v) is 10.8. The average molecular weight is 458 g/mol. The van der Waals surface area contributed by atoms with Crippen LogP contribution in [0.15, 0.2) is 64.6 Å². The van der Waals surface area contributed by atoms with Crippen molar-refractivity contribution in [2.24, 2.45) is 15.7 Å². The minimum absolute atomic E-state index is 0.108. The molecule has 0 aromatic heterocycles. The van der Waals surface area contributed by atoms with Crippen molar-refractivity contribution in [1.29, 1.82) is 0 Å². The quantitative estimate of drug-likeness (QED) is 0.557. The summed E-state index contributed by atoms with van der Waals surface area (Å²) >= 11 is 0. The van der Waals surface area contributed by atoms with Crippen LogP contribution in [0.2, 0.25) is 0 Å². The lowest BCUT2D eigenvalue weighted by molar-refractivity contribution is 0.0693. The summed E-state index contributed by atoms with van der Waals surface area (Å²) in [6, 6.07) is 17.0. The molecule has 3 aromatic rings. The third kappa shape index (κ3) is 3.79. The van der Waals surface area contributed by atoms with Crippen LogP contribution in [-0.4, -0.2) is 36.8 Å². The normalized spacial score (nSPS) is 17.2. The molecule has 0 saturated carbocycles. The van der Waals surface area contributed by atoms with Gasteiger partial charge in [-0.05, 0) is 73.4 Å². The standard InChI is InChI=1S/C27H27N3O4/c1-15-11-21(12-16(2)24(15)34-5)27(29-17(3)25(28)30-27)20-8-6-7-18(13-20)19-9-10-22(26(31)32)23(14-19)33-4/h6-14H,1-5H3,(H2,28,30)(H,31,32). The van der Waals surface area contributed by atoms with Crippen LogP contribution in [0.4, 0.5) is 0 Å². The fourth-order valence-corrected chi connectivity index (χ4v) is 4.44. The number of hydrogen-bond acceptors (Lipinski definition) is 6. The summed E-state index contributed by atoms with van der Waals surface area (Å²) in [5, 5.41) is 9.41. The van der Waals surface area contributed by atoms with Gasteiger partial charge in [0.05, 0.1) is 19.9 Å². The maximum atomic E-state index is 11.5. The third-order valence-electron chi connectivity index (χ3n) is 6.08. The zero-order chi connectivity index (χ0) is 24.6. The van der Waals surface area contributed by atoms with Crippen LogP contribution in [0.5, 0.6) is 11.5 Å². The van der Waals surface area contributed by atoms with Crippen LogP contribution in [0.3, 0.4) is 0 Å². The van der Waals surface area contributed by atoms with Gasteiger partial charge in [0, 0.05) is 11.1 Å². The van der Waals surface area contributed by atoms with Gasteiger partial charge in [-0.2, -0.15) is 0 Å². The van der Waals surface area contributed by atoms with Gasteiger partial charge in [-0.25, -0.2) is 14.8 Å². The lowest BCUT2D eigenvalue weighted by atomic mass is 9.88. The molecule has 0 saturated heterocycles. The number of nitrogens with two attached hydrogens (primary N) is 1. The van der Waals surface area contributed by atoms with E-state index in [4.69, 9.17) is 25.2 Å². The number of benzene rings is 3. The molecule has 1 unspecified atom stereocenters. The van der Waals surface area contributed by atoms with Gasteiger partial charge < -0.3 is 20.3 Å². The molecule has 34 heavy (non-hydrogen) atoms. The van der Waals surface area contributed by atoms with Gasteiger partial charge in [0.25, 0.3) is 0 Å². The molecular formula is C27H27N3O4. The zero-order valence-electron chi connectivity index (χ0n) is 19.8. The zero-order valence-corrected chi connectivity index (χ0v) is 19.8. The van der Waals surface area contributed by atoms with Crippen LogP contribution >= 0.6 is 0 Å². The van der Waals surface area contributed by atoms with Crippen molar-refractivity contribution in [1.82, 2.24) is 0 Å². The predicted octanol–water partition coefficient (Wildman–Crippen LogP) is 4.72. The molecule has 4 rings (SSSR count). The molecule has 0 spiro atoms. The van der Waals surface area contributed by atoms with Crippen LogP contribution in [0.25, 0.3) is 11.1 Å². The van der Waals surface area contributed by atoms with Crippen molar-refractivity contribution in [3.63, 3.8) is 0 Å². The molecule has 0 bridgehead atoms. The molecule has 1 atom stereocenters. The summed E-state index contributed by atoms with van der Waals surface area (Å²) in [7, 11) is 3.12. The topological polar surface area (TPSA) is 107 Å². The van der Waals surface area contributed by atoms with Crippen LogP contribution < -0.4 is 15.2 Å². The Morgan fingerprint density at radius 1 is 0.882 bits per heavy atom. The van der Waals surface area contributed by atoms with Crippen LogP contribution in [0, 0.1) is 13.8 Å². The molecule has 7 nitrogen and oxygen atoms in total. The van der Waals surface area contributed by atoms with Crippen molar-refractivity contribution >= 4 is 17.5 Å². The monoisotopic (exact) mass is 457 g/mol. The SMILES string of the molecule is COc1cc(-c2cccc(C3(c4cc(C)c(OC)c(C)c4)N=C(C)C(N)=N3)c2)ccc1C(=O)O. The number of aliphatic imine (C=N–C) groups is 2. The highest BCUT2D eigenvalue weighted by atomic mass is 16.5. The Kier molecular flexibility index (Phi) is 5.87. The number of amidine groups is 1. The number of carboxylic acid groups (broad SMARTS) is 1. The first-order valence-electron chi connectivity index (χ1n) is 10.8. The number of methoxy groups -OCH3 is 2. The second kappa shape index (κ2) is 8.67. The Bertz CT molecular complexity index is 1320. The maximum Gasteiger partial charge on any atom is 0.339 e. The summed E-state index contributed by atoms with van der Waals surface area (Å²) < 4.78 is 10.9. The molecule has 3 N–H and O–H groups in total. The van der Waals surface area contributed by atoms with E-state index in [9.17, 15) is 9.90 Å². The highest BCUT2D eigenvalue weighted by Crippen LogP contribution is 2.42. The summed E-state index contributed by atoms with van der Waals surface area (Å²) in [5.74, 6) is 0.475. The van der Waals surface area contributed by atoms with Gasteiger partial charge in [0.2, 0.25) is 5.66 Å². The van der Waals surface area contributed by atoms with E-state index < -0.39 is 11.6 Å². The Balaban J connectivity index is 1.90. The molecule has 0 radical (unpaired) electrons. The third-order valence-corrected chi connectivity index (χ3v) is 6.08. The van der Waals surface area contributed by atoms with Gasteiger partial charge in [-0.1, -0.05) is 24.3 Å². The fourth-order valence-electron chi connectivity index (χ4n) is 4.44. The fraction of sp³-hybridized carbons (Fsp3) is 0.222. The number of hydrogen-bond donors (Lipinski definition) is 2. The molecule has 1 aliphatic heterocycles. The summed E-state index contributed by atoms with van der Waals surface area (Å²) in [4.78, 5) is 21.2. The number of nitrogens with zero attached hydrogens (tertiary/aromatic N) is 2. The molecule has 7 heteroatoms. The Labute approximate surface area is 198 Å². The van der Waals surface area contributed by atoms with Crippen molar-refractivity contribution in [2.75, 3.05) is 14.2 Å². The van der Waals surface area contributed by atoms with Crippen molar-refractivity contribution < 1.29 is 19.4 Å². The first-order chi connectivity index (χ1) is 16.2. The van der Waals surface area contributed by atoms with Gasteiger partial charge >= 0.3 is 5.97 Å². The summed E-state index contributed by atoms with van der Waals surface area (Å²) in [5.41, 5.74) is 11.4. The molecule has 1 aliphatic rings. The number of rotatable bonds is 6. The summed E-state index contributed by atoms with van der Waals surface area (Å²) in [6.07, 6.45) is 0. The minimum atomic E-state index is -1.04. The predicted molar refractivity (Wildman–Crippen MR) is 133 cm³/mol. The van der Waals surface area contributed by atoms with Crippen molar-refractivity contribution in [3.05, 3.63) is 82.4 Å². The summed E-state index contributed by atoms with van der Waals surface area (Å²) in [6.45, 7) is 5.84. The van der Waals surface area contributed by atoms with E-state index in [2.05, 4.69) is 0 Å². The second-order valence-corrected chi connectivity index (χ2v) is 8.31. The Morgan fingerprint density at radius 2 is 1.56 bits per heavy atom. The molecule has 0 fully saturated rings. The minimum Gasteiger partial charge on any atom is -0.496 e. The van der Waals surface area contributed by atoms with E-state index in [0.29, 0.717) is 17.3 Å². The Hall–Kier alpha value is -4.13. The Morgan fingerprint density at radius 3 is 2.12 bits per heavy atom. The second-order valence-electron chi connectivity index (χ2n) is 8.31. The van der Waals surface area contributed by atoms with E-state index in [-0.39, 0.29) is 5.56 Å². The van der Waals surface area contributed by atoms with Crippen LogP contribution in [0.1, 0.15) is 39.5 Å². The molecule has 0 aliphatic carbocycles. The van der Waals surface area contributed by atoms with E-state index in [1.165, 1.54) is 7.11 Å². The van der Waals surface area contributed by atoms with E-state index in [1.807, 2.05) is 57.2 Å². The number of carboxylic acids is 1. The molecule has 3 aromatic carbocycles. The number of carbonyl (C=O) groups is 1. The van der Waals surface area contributed by atoms with Crippen LogP contribution in [-0.2, 0) is 5.66 Å². The van der Waals surface area contributed by atoms with Crippen molar-refractivity contribution in [2.45, 2.75) is 26.4 Å². The molecule has 174 valence electrons. The van der Waals surface area contributed by atoms with Gasteiger partial charge in [-0.15, -0.1) is 0 Å². The highest BCUT2D eigenvalue weighted by Gasteiger charge is 2.39. The van der Waals surface area contributed by atoms with E-state index in [0.717, 1.165) is 39.1 Å². The largest absolute Gasteiger partial charge is 0.496 e. The smallest absolute Gasteiger partial charge is 0.339 e. The van der Waals surface area contributed by atoms with E-state index in [1.54, 1.807) is 25.3 Å². The van der Waals surface area contributed by atoms with Gasteiger partial charge in [0.15, 0.2) is 0 Å². The molecule has 1 heterocycles. The highest BCUT2D eigenvalue weighted by molar-refractivity contribution is 6.41.